The van der Waals surface area contributed by atoms with Gasteiger partial charge in [-0.2, -0.15) is 52.7 Å². The van der Waals surface area contributed by atoms with Crippen molar-refractivity contribution in [3.05, 3.63) is 12.2 Å². The van der Waals surface area contributed by atoms with Gasteiger partial charge >= 0.3 is 41.5 Å². The second kappa shape index (κ2) is 12.9. The third-order valence-corrected chi connectivity index (χ3v) is 5.36. The Kier molecular flexibility index (Phi) is 12.3. The second-order valence-electron chi connectivity index (χ2n) is 8.95. The number of carbonyl (C=O) groups excluding carboxylic acids is 1. The summed E-state index contributed by atoms with van der Waals surface area (Å²) in [5.41, 5.74) is -0.193. The van der Waals surface area contributed by atoms with E-state index in [0.29, 0.717) is 12.8 Å². The zero-order chi connectivity index (χ0) is 29.5. The summed E-state index contributed by atoms with van der Waals surface area (Å²) < 4.78 is 171. The van der Waals surface area contributed by atoms with E-state index < -0.39 is 73.8 Å². The first-order valence-electron chi connectivity index (χ1n) is 11.3. The minimum Gasteiger partial charge on any atom is -0.462 e. The molecule has 0 saturated carbocycles. The Morgan fingerprint density at radius 3 is 1.49 bits per heavy atom. The Balaban J connectivity index is 5.54. The average Bonchev–Trinajstić information content (AvgIpc) is 2.75. The number of hydrogen-bond acceptors (Lipinski definition) is 3. The number of carbonyl (C=O) groups is 1. The van der Waals surface area contributed by atoms with E-state index in [4.69, 9.17) is 0 Å². The van der Waals surface area contributed by atoms with Crippen molar-refractivity contribution in [2.75, 3.05) is 27.2 Å². The highest BCUT2D eigenvalue weighted by Gasteiger charge is 2.89. The minimum absolute atomic E-state index is 0.0496. The fraction of sp³-hybridized carbons (Fsp3) is 0.864. The van der Waals surface area contributed by atoms with E-state index in [1.165, 1.54) is 19.0 Å². The Morgan fingerprint density at radius 1 is 0.676 bits per heavy atom. The summed E-state index contributed by atoms with van der Waals surface area (Å²) >= 11 is 0. The summed E-state index contributed by atoms with van der Waals surface area (Å²) in [4.78, 5) is 13.0. The molecule has 0 bridgehead atoms. The summed E-state index contributed by atoms with van der Waals surface area (Å²) in [7, 11) is 3.04. The Hall–Kier alpha value is -1.67. The highest BCUT2D eigenvalue weighted by atomic mass is 19.4. The molecule has 15 heteroatoms. The highest BCUT2D eigenvalue weighted by molar-refractivity contribution is 5.88. The third-order valence-electron chi connectivity index (χ3n) is 5.36. The quantitative estimate of drug-likeness (QED) is 0.0737. The molecule has 0 radical (unpaired) electrons. The molecule has 0 aromatic rings. The van der Waals surface area contributed by atoms with Crippen LogP contribution < -0.4 is 0 Å². The molecule has 0 atom stereocenters. The van der Waals surface area contributed by atoms with Crippen LogP contribution in [0.2, 0.25) is 0 Å². The summed E-state index contributed by atoms with van der Waals surface area (Å²) in [6.45, 7) is 3.89. The molecule has 0 saturated heterocycles. The van der Waals surface area contributed by atoms with E-state index in [-0.39, 0.29) is 25.0 Å². The molecular weight excluding hydrogens is 538 g/mol. The number of alkyl halides is 12. The van der Waals surface area contributed by atoms with Gasteiger partial charge in [-0.05, 0) is 26.9 Å². The molecule has 37 heavy (non-hydrogen) atoms. The lowest BCUT2D eigenvalue weighted by molar-refractivity contribution is -0.425. The van der Waals surface area contributed by atoms with Gasteiger partial charge in [0, 0.05) is 25.0 Å². The fourth-order valence-corrected chi connectivity index (χ4v) is 3.13. The van der Waals surface area contributed by atoms with Crippen LogP contribution >= 0.6 is 0 Å². The summed E-state index contributed by atoms with van der Waals surface area (Å²) in [6.07, 6.45) is -5.35. The molecular formula is C22H31F12NO2. The van der Waals surface area contributed by atoms with Crippen molar-refractivity contribution in [3.63, 3.8) is 0 Å². The van der Waals surface area contributed by atoms with Crippen LogP contribution in [0.25, 0.3) is 0 Å². The molecule has 3 nitrogen and oxygen atoms in total. The van der Waals surface area contributed by atoms with Crippen LogP contribution in [0, 0.1) is 0 Å². The van der Waals surface area contributed by atoms with E-state index in [1.807, 2.05) is 0 Å². The van der Waals surface area contributed by atoms with E-state index in [9.17, 15) is 57.5 Å². The monoisotopic (exact) mass is 569 g/mol. The van der Waals surface area contributed by atoms with Crippen molar-refractivity contribution in [1.82, 2.24) is 4.90 Å². The number of ether oxygens (including phenoxy) is 1. The summed E-state index contributed by atoms with van der Waals surface area (Å²) in [6, 6.07) is 0. The number of likely N-dealkylation sites (N-methyl/N-ethyl adjacent to an activating group) is 1. The molecule has 0 aliphatic heterocycles. The lowest BCUT2D eigenvalue weighted by atomic mass is 9.88. The van der Waals surface area contributed by atoms with Gasteiger partial charge in [-0.3, -0.25) is 0 Å². The molecule has 0 aromatic heterocycles. The molecule has 0 unspecified atom stereocenters. The van der Waals surface area contributed by atoms with Crippen LogP contribution in [0.4, 0.5) is 52.7 Å². The van der Waals surface area contributed by atoms with E-state index in [0.717, 1.165) is 0 Å². The Labute approximate surface area is 207 Å². The Bertz CT molecular complexity index is 754. The molecule has 0 rings (SSSR count). The minimum atomic E-state index is -7.59. The van der Waals surface area contributed by atoms with E-state index in [2.05, 4.69) is 11.3 Å². The van der Waals surface area contributed by atoms with Crippen LogP contribution in [0.1, 0.15) is 58.3 Å². The van der Waals surface area contributed by atoms with Gasteiger partial charge in [0.1, 0.15) is 0 Å². The average molecular weight is 569 g/mol. The topological polar surface area (TPSA) is 29.5 Å². The molecule has 220 valence electrons. The van der Waals surface area contributed by atoms with Crippen LogP contribution in [-0.4, -0.2) is 73.7 Å². The number of esters is 1. The fourth-order valence-electron chi connectivity index (χ4n) is 3.13. The molecule has 0 spiro atoms. The van der Waals surface area contributed by atoms with Gasteiger partial charge in [-0.25, -0.2) is 4.79 Å². The molecule has 0 heterocycles. The van der Waals surface area contributed by atoms with E-state index >= 15 is 0 Å². The summed E-state index contributed by atoms with van der Waals surface area (Å²) in [5, 5.41) is 0. The summed E-state index contributed by atoms with van der Waals surface area (Å²) in [5.74, 6) is -42.5. The zero-order valence-corrected chi connectivity index (χ0v) is 20.6. The normalized spacial score (nSPS) is 14.3. The largest absolute Gasteiger partial charge is 0.462 e. The first-order valence-corrected chi connectivity index (χ1v) is 11.3. The lowest BCUT2D eigenvalue weighted by Gasteiger charge is -2.41. The molecule has 0 aliphatic carbocycles. The van der Waals surface area contributed by atoms with Crippen molar-refractivity contribution in [2.45, 2.75) is 93.8 Å². The number of nitrogens with zero attached hydrogens (tertiary/aromatic N) is 1. The molecule has 0 fully saturated rings. The molecule has 0 aliphatic rings. The molecule has 0 N–H and O–H groups in total. The van der Waals surface area contributed by atoms with Crippen LogP contribution in [0.15, 0.2) is 12.2 Å². The van der Waals surface area contributed by atoms with Crippen molar-refractivity contribution in [2.24, 2.45) is 0 Å². The third kappa shape index (κ3) is 7.92. The van der Waals surface area contributed by atoms with Crippen LogP contribution in [0.5, 0.6) is 0 Å². The van der Waals surface area contributed by atoms with Gasteiger partial charge in [0.25, 0.3) is 0 Å². The maximum atomic E-state index is 14.0. The van der Waals surface area contributed by atoms with Gasteiger partial charge in [-0.15, -0.1) is 0 Å². The number of halogens is 12. The maximum absolute atomic E-state index is 14.0. The Morgan fingerprint density at radius 2 is 1.08 bits per heavy atom. The number of hydrogen-bond donors (Lipinski definition) is 0. The van der Waals surface area contributed by atoms with Gasteiger partial charge in [0.15, 0.2) is 0 Å². The predicted octanol–water partition coefficient (Wildman–Crippen LogP) is 7.60. The standard InChI is InChI=1S/C22H31F12NO2/c1-5-6-7-8-9-11-17(23,24)19(27,28)21(31,32)22(33,34)20(29,30)18(25,26)12-10-13-37-16(36)15(2)14-35(3)4/h2,5-14H2,1,3-4H3. The SMILES string of the molecule is C=C(CN(C)C)C(=O)OCCCC(F)(F)C(F)(F)C(F)(F)C(F)(F)C(F)(F)C(F)(F)CCCCCCC. The van der Waals surface area contributed by atoms with Crippen LogP contribution in [0.3, 0.4) is 0 Å². The highest BCUT2D eigenvalue weighted by Crippen LogP contribution is 2.61. The van der Waals surface area contributed by atoms with Gasteiger partial charge in [0.05, 0.1) is 6.61 Å². The zero-order valence-electron chi connectivity index (χ0n) is 20.6. The maximum Gasteiger partial charge on any atom is 0.384 e. The van der Waals surface area contributed by atoms with Crippen molar-refractivity contribution >= 4 is 5.97 Å². The number of rotatable bonds is 18. The van der Waals surface area contributed by atoms with Gasteiger partial charge in [-0.1, -0.05) is 39.2 Å². The van der Waals surface area contributed by atoms with Crippen molar-refractivity contribution in [1.29, 1.82) is 0 Å². The first-order chi connectivity index (χ1) is 16.5. The predicted molar refractivity (Wildman–Crippen MR) is 111 cm³/mol. The second-order valence-corrected chi connectivity index (χ2v) is 8.95. The van der Waals surface area contributed by atoms with Crippen molar-refractivity contribution < 1.29 is 62.2 Å². The smallest absolute Gasteiger partial charge is 0.384 e. The molecule has 0 aromatic carbocycles. The van der Waals surface area contributed by atoms with Crippen LogP contribution in [-0.2, 0) is 9.53 Å². The van der Waals surface area contributed by atoms with E-state index in [1.54, 1.807) is 6.92 Å². The first kappa shape index (κ1) is 35.3. The number of unbranched alkanes of at least 4 members (excludes halogenated alkanes) is 4. The molecule has 0 amide bonds. The van der Waals surface area contributed by atoms with Crippen molar-refractivity contribution in [3.8, 4) is 0 Å². The van der Waals surface area contributed by atoms with Gasteiger partial charge < -0.3 is 9.64 Å². The van der Waals surface area contributed by atoms with Gasteiger partial charge in [0.2, 0.25) is 0 Å². The lowest BCUT2D eigenvalue weighted by Crippen LogP contribution is -2.70.